The number of hydrogen-bond acceptors (Lipinski definition) is 3. The molecule has 0 spiro atoms. The van der Waals surface area contributed by atoms with Crippen LogP contribution in [0.4, 0.5) is 0 Å². The topological polar surface area (TPSA) is 38.7 Å². The molecule has 2 atom stereocenters. The molecule has 1 heterocycles. The summed E-state index contributed by atoms with van der Waals surface area (Å²) in [6, 6.07) is 6.16. The van der Waals surface area contributed by atoms with Gasteiger partial charge in [0.15, 0.2) is 11.5 Å². The molecule has 1 aromatic rings. The molecule has 2 aliphatic rings. The lowest BCUT2D eigenvalue weighted by Gasteiger charge is -2.22. The Hall–Kier alpha value is -1.22. The van der Waals surface area contributed by atoms with E-state index in [1.807, 2.05) is 6.07 Å². The zero-order chi connectivity index (χ0) is 13.0. The second-order valence-corrected chi connectivity index (χ2v) is 6.02. The third-order valence-corrected chi connectivity index (χ3v) is 5.15. The molecule has 98 valence electrons. The summed E-state index contributed by atoms with van der Waals surface area (Å²) in [4.78, 5) is 0. The Kier molecular flexibility index (Phi) is 2.39. The molecule has 0 radical (unpaired) electrons. The van der Waals surface area contributed by atoms with E-state index in [1.54, 1.807) is 0 Å². The van der Waals surface area contributed by atoms with Crippen molar-refractivity contribution in [2.24, 2.45) is 11.3 Å². The third-order valence-electron chi connectivity index (χ3n) is 5.15. The molecule has 3 rings (SSSR count). The van der Waals surface area contributed by atoms with E-state index in [9.17, 15) is 5.11 Å². The van der Waals surface area contributed by atoms with Crippen molar-refractivity contribution in [3.8, 4) is 11.5 Å². The molecule has 0 amide bonds. The number of ether oxygens (including phenoxy) is 2. The average molecular weight is 248 g/mol. The van der Waals surface area contributed by atoms with Crippen molar-refractivity contribution in [3.05, 3.63) is 23.8 Å². The first kappa shape index (κ1) is 11.8. The molecule has 0 aromatic heterocycles. The fourth-order valence-corrected chi connectivity index (χ4v) is 3.45. The predicted octanol–water partition coefficient (Wildman–Crippen LogP) is 2.36. The highest BCUT2D eigenvalue weighted by atomic mass is 16.6. The Morgan fingerprint density at radius 2 is 1.83 bits per heavy atom. The Balaban J connectivity index is 1.99. The standard InChI is InChI=1S/C15H20O3/c1-14(2)13(9-16)15(14,3)10-4-5-11-12(8-10)18-7-6-17-11/h4-5,8,13,16H,6-7,9H2,1-3H3. The van der Waals surface area contributed by atoms with Crippen LogP contribution < -0.4 is 9.47 Å². The van der Waals surface area contributed by atoms with Gasteiger partial charge in [0.05, 0.1) is 0 Å². The SMILES string of the molecule is CC1(C)C(CO)C1(C)c1ccc2c(c1)OCCO2. The highest BCUT2D eigenvalue weighted by molar-refractivity contribution is 5.49. The molecule has 3 nitrogen and oxygen atoms in total. The van der Waals surface area contributed by atoms with Gasteiger partial charge in [-0.25, -0.2) is 0 Å². The van der Waals surface area contributed by atoms with Crippen molar-refractivity contribution in [1.29, 1.82) is 0 Å². The molecule has 2 unspecified atom stereocenters. The molecule has 1 N–H and O–H groups in total. The van der Waals surface area contributed by atoms with Crippen LogP contribution in [0.2, 0.25) is 0 Å². The summed E-state index contributed by atoms with van der Waals surface area (Å²) in [5, 5.41) is 9.52. The van der Waals surface area contributed by atoms with Gasteiger partial charge in [0.2, 0.25) is 0 Å². The molecule has 0 saturated heterocycles. The Morgan fingerprint density at radius 3 is 2.44 bits per heavy atom. The van der Waals surface area contributed by atoms with Crippen LogP contribution in [0.15, 0.2) is 18.2 Å². The quantitative estimate of drug-likeness (QED) is 0.873. The molecule has 3 heteroatoms. The summed E-state index contributed by atoms with van der Waals surface area (Å²) in [6.07, 6.45) is 0. The smallest absolute Gasteiger partial charge is 0.161 e. The lowest BCUT2D eigenvalue weighted by Crippen LogP contribution is -2.17. The van der Waals surface area contributed by atoms with Crippen molar-refractivity contribution < 1.29 is 14.6 Å². The van der Waals surface area contributed by atoms with Gasteiger partial charge >= 0.3 is 0 Å². The van der Waals surface area contributed by atoms with Gasteiger partial charge in [-0.2, -0.15) is 0 Å². The third kappa shape index (κ3) is 1.34. The van der Waals surface area contributed by atoms with Crippen LogP contribution in [0.3, 0.4) is 0 Å². The summed E-state index contributed by atoms with van der Waals surface area (Å²) in [5.74, 6) is 1.97. The van der Waals surface area contributed by atoms with E-state index in [4.69, 9.17) is 9.47 Å². The number of aliphatic hydroxyl groups excluding tert-OH is 1. The lowest BCUT2D eigenvalue weighted by molar-refractivity contribution is 0.171. The van der Waals surface area contributed by atoms with E-state index in [-0.39, 0.29) is 17.4 Å². The number of hydrogen-bond donors (Lipinski definition) is 1. The summed E-state index contributed by atoms with van der Waals surface area (Å²) >= 11 is 0. The van der Waals surface area contributed by atoms with Crippen LogP contribution in [0.25, 0.3) is 0 Å². The van der Waals surface area contributed by atoms with E-state index in [0.29, 0.717) is 19.1 Å². The highest BCUT2D eigenvalue weighted by Gasteiger charge is 2.68. The minimum absolute atomic E-state index is 0.0254. The van der Waals surface area contributed by atoms with Gasteiger partial charge in [0, 0.05) is 12.0 Å². The second kappa shape index (κ2) is 3.64. The van der Waals surface area contributed by atoms with E-state index in [1.165, 1.54) is 5.56 Å². The average Bonchev–Trinajstić information content (AvgIpc) is 2.83. The van der Waals surface area contributed by atoms with Gasteiger partial charge in [-0.1, -0.05) is 26.8 Å². The maximum atomic E-state index is 9.52. The van der Waals surface area contributed by atoms with Gasteiger partial charge < -0.3 is 14.6 Å². The summed E-state index contributed by atoms with van der Waals surface area (Å²) in [5.41, 5.74) is 1.39. The Morgan fingerprint density at radius 1 is 1.17 bits per heavy atom. The van der Waals surface area contributed by atoms with Crippen LogP contribution in [-0.2, 0) is 5.41 Å². The fraction of sp³-hybridized carbons (Fsp3) is 0.600. The molecule has 18 heavy (non-hydrogen) atoms. The van der Waals surface area contributed by atoms with Gasteiger partial charge in [-0.3, -0.25) is 0 Å². The van der Waals surface area contributed by atoms with Crippen LogP contribution in [-0.4, -0.2) is 24.9 Å². The monoisotopic (exact) mass is 248 g/mol. The van der Waals surface area contributed by atoms with E-state index < -0.39 is 0 Å². The first-order valence-corrected chi connectivity index (χ1v) is 6.53. The highest BCUT2D eigenvalue weighted by Crippen LogP contribution is 2.69. The zero-order valence-corrected chi connectivity index (χ0v) is 11.2. The molecule has 1 fully saturated rings. The number of fused-ring (bicyclic) bond motifs is 1. The Labute approximate surface area is 108 Å². The van der Waals surface area contributed by atoms with Gasteiger partial charge in [-0.05, 0) is 29.0 Å². The van der Waals surface area contributed by atoms with Crippen LogP contribution in [0.5, 0.6) is 11.5 Å². The van der Waals surface area contributed by atoms with Crippen molar-refractivity contribution in [2.75, 3.05) is 19.8 Å². The number of aliphatic hydroxyl groups is 1. The maximum Gasteiger partial charge on any atom is 0.161 e. The maximum absolute atomic E-state index is 9.52. The van der Waals surface area contributed by atoms with Gasteiger partial charge in [-0.15, -0.1) is 0 Å². The predicted molar refractivity (Wildman–Crippen MR) is 69.1 cm³/mol. The molecule has 0 bridgehead atoms. The molecule has 1 aliphatic carbocycles. The fourth-order valence-electron chi connectivity index (χ4n) is 3.45. The largest absolute Gasteiger partial charge is 0.486 e. The molecular weight excluding hydrogens is 228 g/mol. The van der Waals surface area contributed by atoms with E-state index >= 15 is 0 Å². The first-order chi connectivity index (χ1) is 8.51. The van der Waals surface area contributed by atoms with Crippen molar-refractivity contribution in [1.82, 2.24) is 0 Å². The molecule has 1 aliphatic heterocycles. The molecule has 1 aromatic carbocycles. The summed E-state index contributed by atoms with van der Waals surface area (Å²) < 4.78 is 11.2. The molecule has 1 saturated carbocycles. The second-order valence-electron chi connectivity index (χ2n) is 6.02. The lowest BCUT2D eigenvalue weighted by atomic mass is 9.89. The van der Waals surface area contributed by atoms with Crippen LogP contribution in [0.1, 0.15) is 26.3 Å². The first-order valence-electron chi connectivity index (χ1n) is 6.53. The molecular formula is C15H20O3. The Bertz CT molecular complexity index is 481. The van der Waals surface area contributed by atoms with Crippen LogP contribution >= 0.6 is 0 Å². The van der Waals surface area contributed by atoms with E-state index in [0.717, 1.165) is 11.5 Å². The van der Waals surface area contributed by atoms with E-state index in [2.05, 4.69) is 32.9 Å². The number of rotatable bonds is 2. The number of benzene rings is 1. The van der Waals surface area contributed by atoms with Crippen LogP contribution in [0, 0.1) is 11.3 Å². The van der Waals surface area contributed by atoms with Gasteiger partial charge in [0.25, 0.3) is 0 Å². The van der Waals surface area contributed by atoms with Gasteiger partial charge in [0.1, 0.15) is 13.2 Å². The van der Waals surface area contributed by atoms with Crippen molar-refractivity contribution in [3.63, 3.8) is 0 Å². The summed E-state index contributed by atoms with van der Waals surface area (Å²) in [7, 11) is 0. The van der Waals surface area contributed by atoms with Crippen molar-refractivity contribution in [2.45, 2.75) is 26.2 Å². The zero-order valence-electron chi connectivity index (χ0n) is 11.2. The normalized spacial score (nSPS) is 32.1. The summed E-state index contributed by atoms with van der Waals surface area (Å²) in [6.45, 7) is 8.11. The van der Waals surface area contributed by atoms with Crippen molar-refractivity contribution >= 4 is 0 Å². The minimum atomic E-state index is 0.0254. The minimum Gasteiger partial charge on any atom is -0.486 e.